The van der Waals surface area contributed by atoms with Crippen LogP contribution in [0.2, 0.25) is 0 Å². The first-order chi connectivity index (χ1) is 23.3. The number of hydrogen-bond donors (Lipinski definition) is 2. The van der Waals surface area contributed by atoms with Crippen LogP contribution < -0.4 is 11.5 Å². The molecule has 48 heavy (non-hydrogen) atoms. The number of nitrogen functional groups attached to an aromatic ring is 2. The van der Waals surface area contributed by atoms with Gasteiger partial charge in [0.2, 0.25) is 0 Å². The lowest BCUT2D eigenvalue weighted by Crippen LogP contribution is -2.02. The normalized spacial score (nSPS) is 11.5. The third-order valence-electron chi connectivity index (χ3n) is 9.70. The summed E-state index contributed by atoms with van der Waals surface area (Å²) in [7, 11) is 0. The number of anilines is 2. The van der Waals surface area contributed by atoms with Crippen molar-refractivity contribution in [3.05, 3.63) is 156 Å². The van der Waals surface area contributed by atoms with Gasteiger partial charge in [0.15, 0.2) is 0 Å². The molecule has 0 atom stereocenters. The van der Waals surface area contributed by atoms with E-state index >= 15 is 0 Å². The van der Waals surface area contributed by atoms with Gasteiger partial charge in [0, 0.05) is 33.1 Å². The lowest BCUT2D eigenvalue weighted by atomic mass is 9.76. The molecule has 2 heteroatoms. The molecule has 0 aliphatic heterocycles. The molecular weight excluding hydrogens is 581 g/mol. The maximum Gasteiger partial charge on any atom is 0.0407 e. The van der Waals surface area contributed by atoms with Crippen LogP contribution in [0.3, 0.4) is 0 Å². The molecule has 0 aliphatic rings. The van der Waals surface area contributed by atoms with Gasteiger partial charge in [-0.3, -0.25) is 0 Å². The average molecular weight is 619 g/mol. The van der Waals surface area contributed by atoms with E-state index in [1.165, 1.54) is 44.5 Å². The summed E-state index contributed by atoms with van der Waals surface area (Å²) in [5.74, 6) is 0. The van der Waals surface area contributed by atoms with Crippen molar-refractivity contribution < 1.29 is 0 Å². The predicted molar refractivity (Wildman–Crippen MR) is 208 cm³/mol. The average Bonchev–Trinajstić information content (AvgIpc) is 3.08. The van der Waals surface area contributed by atoms with E-state index in [9.17, 15) is 0 Å². The number of hydrogen-bond acceptors (Lipinski definition) is 2. The third-order valence-corrected chi connectivity index (χ3v) is 9.70. The molecule has 0 bridgehead atoms. The summed E-state index contributed by atoms with van der Waals surface area (Å²) >= 11 is 0. The minimum absolute atomic E-state index is 0.752. The highest BCUT2D eigenvalue weighted by Crippen LogP contribution is 2.54. The molecule has 0 fully saturated rings. The summed E-state index contributed by atoms with van der Waals surface area (Å²) in [6.45, 7) is 8.66. The zero-order valence-corrected chi connectivity index (χ0v) is 27.9. The van der Waals surface area contributed by atoms with Crippen LogP contribution in [0.15, 0.2) is 133 Å². The molecule has 0 aromatic heterocycles. The zero-order valence-electron chi connectivity index (χ0n) is 27.9. The molecule has 0 radical (unpaired) electrons. The van der Waals surface area contributed by atoms with Gasteiger partial charge in [0.05, 0.1) is 0 Å². The molecule has 2 nitrogen and oxygen atoms in total. The van der Waals surface area contributed by atoms with Crippen molar-refractivity contribution in [2.24, 2.45) is 0 Å². The van der Waals surface area contributed by atoms with Gasteiger partial charge < -0.3 is 11.5 Å². The number of nitrogens with two attached hydrogens (primary N) is 2. The van der Waals surface area contributed by atoms with Crippen molar-refractivity contribution in [3.63, 3.8) is 0 Å². The molecule has 0 saturated carbocycles. The number of aryl methyl sites for hydroxylation is 4. The second kappa shape index (κ2) is 11.4. The molecule has 8 aromatic rings. The largest absolute Gasteiger partial charge is 0.398 e. The van der Waals surface area contributed by atoms with E-state index in [2.05, 4.69) is 155 Å². The van der Waals surface area contributed by atoms with E-state index in [1.807, 2.05) is 6.07 Å². The summed E-state index contributed by atoms with van der Waals surface area (Å²) in [5.41, 5.74) is 29.9. The predicted octanol–water partition coefficient (Wildman–Crippen LogP) is 12.2. The van der Waals surface area contributed by atoms with Crippen molar-refractivity contribution in [1.82, 2.24) is 0 Å². The van der Waals surface area contributed by atoms with E-state index in [4.69, 9.17) is 11.5 Å². The fourth-order valence-corrected chi connectivity index (χ4v) is 7.68. The maximum atomic E-state index is 7.36. The lowest BCUT2D eigenvalue weighted by molar-refractivity contribution is 1.44. The Bertz CT molecular complexity index is 2570. The molecule has 4 N–H and O–H groups in total. The topological polar surface area (TPSA) is 52.0 Å². The minimum atomic E-state index is 0.752. The Hall–Kier alpha value is -5.86. The number of fused-ring (bicyclic) bond motifs is 5. The molecule has 0 unspecified atom stereocenters. The van der Waals surface area contributed by atoms with E-state index in [0.29, 0.717) is 0 Å². The molecule has 232 valence electrons. The molecule has 0 heterocycles. The highest BCUT2D eigenvalue weighted by molar-refractivity contribution is 6.32. The SMILES string of the molecule is Cc1cccc(-c2c(-c3cccc(C)c3)c(-c3cccc(C)c3)c3c(c(N)cc4c5ccccc5c(N)cc43)c2-c2cccc(C)c2)c1. The number of benzene rings is 8. The quantitative estimate of drug-likeness (QED) is 0.152. The second-order valence-electron chi connectivity index (χ2n) is 13.3. The smallest absolute Gasteiger partial charge is 0.0407 e. The van der Waals surface area contributed by atoms with Crippen molar-refractivity contribution in [3.8, 4) is 44.5 Å². The molecule has 8 rings (SSSR count). The first kappa shape index (κ1) is 29.5. The number of rotatable bonds is 4. The fourth-order valence-electron chi connectivity index (χ4n) is 7.68. The van der Waals surface area contributed by atoms with Crippen LogP contribution in [0.1, 0.15) is 22.3 Å². The first-order valence-corrected chi connectivity index (χ1v) is 16.6. The highest BCUT2D eigenvalue weighted by Gasteiger charge is 2.27. The summed E-state index contributed by atoms with van der Waals surface area (Å²) in [4.78, 5) is 0. The van der Waals surface area contributed by atoms with Crippen LogP contribution in [0.5, 0.6) is 0 Å². The maximum absolute atomic E-state index is 7.36. The van der Waals surface area contributed by atoms with Gasteiger partial charge in [0.25, 0.3) is 0 Å². The molecular formula is C46H38N2. The van der Waals surface area contributed by atoms with E-state index < -0.39 is 0 Å². The van der Waals surface area contributed by atoms with Gasteiger partial charge in [-0.05, 0) is 94.9 Å². The second-order valence-corrected chi connectivity index (χ2v) is 13.3. The Morgan fingerprint density at radius 1 is 0.312 bits per heavy atom. The van der Waals surface area contributed by atoms with Crippen LogP contribution in [0, 0.1) is 27.7 Å². The van der Waals surface area contributed by atoms with Crippen LogP contribution >= 0.6 is 0 Å². The van der Waals surface area contributed by atoms with Crippen LogP contribution in [-0.4, -0.2) is 0 Å². The molecule has 0 amide bonds. The van der Waals surface area contributed by atoms with E-state index in [-0.39, 0.29) is 0 Å². The van der Waals surface area contributed by atoms with E-state index in [0.717, 1.165) is 65.9 Å². The molecule has 0 aliphatic carbocycles. The van der Waals surface area contributed by atoms with Gasteiger partial charge in [-0.15, -0.1) is 0 Å². The third kappa shape index (κ3) is 4.80. The highest BCUT2D eigenvalue weighted by atomic mass is 14.6. The Labute approximate surface area is 282 Å². The first-order valence-electron chi connectivity index (χ1n) is 16.6. The summed E-state index contributed by atoms with van der Waals surface area (Å²) in [6, 6.07) is 48.2. The summed E-state index contributed by atoms with van der Waals surface area (Å²) < 4.78 is 0. The Morgan fingerprint density at radius 3 is 1.17 bits per heavy atom. The van der Waals surface area contributed by atoms with Crippen molar-refractivity contribution >= 4 is 43.7 Å². The van der Waals surface area contributed by atoms with E-state index in [1.54, 1.807) is 0 Å². The lowest BCUT2D eigenvalue weighted by Gasteiger charge is -2.27. The molecule has 0 spiro atoms. The summed E-state index contributed by atoms with van der Waals surface area (Å²) in [5, 5.41) is 6.52. The summed E-state index contributed by atoms with van der Waals surface area (Å²) in [6.07, 6.45) is 0. The monoisotopic (exact) mass is 618 g/mol. The van der Waals surface area contributed by atoms with Gasteiger partial charge in [-0.25, -0.2) is 0 Å². The molecule has 0 saturated heterocycles. The van der Waals surface area contributed by atoms with Crippen molar-refractivity contribution in [2.45, 2.75) is 27.7 Å². The van der Waals surface area contributed by atoms with Crippen LogP contribution in [-0.2, 0) is 0 Å². The zero-order chi connectivity index (χ0) is 33.1. The molecule has 8 aromatic carbocycles. The van der Waals surface area contributed by atoms with Gasteiger partial charge in [0.1, 0.15) is 0 Å². The van der Waals surface area contributed by atoms with Gasteiger partial charge in [-0.2, -0.15) is 0 Å². The van der Waals surface area contributed by atoms with Crippen LogP contribution in [0.25, 0.3) is 76.8 Å². The van der Waals surface area contributed by atoms with Crippen molar-refractivity contribution in [1.29, 1.82) is 0 Å². The van der Waals surface area contributed by atoms with Gasteiger partial charge in [-0.1, -0.05) is 144 Å². The Balaban J connectivity index is 1.76. The Morgan fingerprint density at radius 2 is 0.708 bits per heavy atom. The standard InChI is InChI=1S/C46H38N2/c1-27-11-7-15-31(21-27)41-42(32-16-8-12-28(2)22-32)44(34-18-10-14-30(4)24-34)46-40(48)25-37-35-19-5-6-20-36(35)39(47)26-38(37)45(46)43(41)33-17-9-13-29(3)23-33/h5-26H,47-48H2,1-4H3. The van der Waals surface area contributed by atoms with Crippen LogP contribution in [0.4, 0.5) is 11.4 Å². The Kier molecular flexibility index (Phi) is 7.04. The fraction of sp³-hybridized carbons (Fsp3) is 0.0870. The van der Waals surface area contributed by atoms with Gasteiger partial charge >= 0.3 is 0 Å². The van der Waals surface area contributed by atoms with Crippen molar-refractivity contribution in [2.75, 3.05) is 11.5 Å². The minimum Gasteiger partial charge on any atom is -0.398 e.